The second kappa shape index (κ2) is 9.00. The number of hydrogen-bond donors (Lipinski definition) is 2. The van der Waals surface area contributed by atoms with Gasteiger partial charge in [-0.05, 0) is 67.1 Å². The lowest BCUT2D eigenvalue weighted by Crippen LogP contribution is -2.21. The van der Waals surface area contributed by atoms with E-state index >= 15 is 0 Å². The number of carbonyl (C=O) groups is 1. The summed E-state index contributed by atoms with van der Waals surface area (Å²) in [5.41, 5.74) is 4.79. The molecule has 6 rings (SSSR count). The van der Waals surface area contributed by atoms with Gasteiger partial charge >= 0.3 is 0 Å². The summed E-state index contributed by atoms with van der Waals surface area (Å²) in [6, 6.07) is 18.6. The third-order valence-corrected chi connectivity index (χ3v) is 6.30. The molecule has 3 aromatic heterocycles. The first kappa shape index (κ1) is 23.2. The molecule has 0 unspecified atom stereocenters. The van der Waals surface area contributed by atoms with Crippen LogP contribution < -0.4 is 20.9 Å². The van der Waals surface area contributed by atoms with Crippen LogP contribution in [0.15, 0.2) is 78.1 Å². The van der Waals surface area contributed by atoms with E-state index in [0.717, 1.165) is 28.2 Å². The zero-order valence-electron chi connectivity index (χ0n) is 20.7. The molecule has 0 saturated carbocycles. The number of carbonyl (C=O) groups excluding carboxylic acids is 1. The fourth-order valence-corrected chi connectivity index (χ4v) is 4.51. The molecule has 0 saturated heterocycles. The van der Waals surface area contributed by atoms with Gasteiger partial charge in [-0.25, -0.2) is 14.3 Å². The summed E-state index contributed by atoms with van der Waals surface area (Å²) in [6.07, 6.45) is 1.21. The number of pyridine rings is 1. The number of nitrogens with one attached hydrogen (secondary N) is 2. The number of hydrogen-bond acceptors (Lipinski definition) is 7. The smallest absolute Gasteiger partial charge is 0.295 e. The minimum Gasteiger partial charge on any atom is -0.439 e. The highest BCUT2D eigenvalue weighted by atomic mass is 16.5. The van der Waals surface area contributed by atoms with Gasteiger partial charge in [-0.2, -0.15) is 10.2 Å². The molecular weight excluding hydrogens is 482 g/mol. The van der Waals surface area contributed by atoms with Crippen molar-refractivity contribution in [1.82, 2.24) is 24.5 Å². The number of amides is 1. The minimum atomic E-state index is -0.299. The van der Waals surface area contributed by atoms with Crippen molar-refractivity contribution in [3.63, 3.8) is 0 Å². The zero-order chi connectivity index (χ0) is 26.4. The van der Waals surface area contributed by atoms with Crippen molar-refractivity contribution in [2.45, 2.75) is 13.5 Å². The van der Waals surface area contributed by atoms with Crippen LogP contribution >= 0.6 is 0 Å². The second-order valence-electron chi connectivity index (χ2n) is 8.89. The normalized spacial score (nSPS) is 11.8. The average Bonchev–Trinajstić information content (AvgIpc) is 3.24. The molecule has 2 aromatic carbocycles. The maximum atomic E-state index is 13.0. The summed E-state index contributed by atoms with van der Waals surface area (Å²) in [5.74, 6) is 1.42. The Morgan fingerprint density at radius 3 is 2.71 bits per heavy atom. The van der Waals surface area contributed by atoms with E-state index in [1.54, 1.807) is 23.9 Å². The summed E-state index contributed by atoms with van der Waals surface area (Å²) in [6.45, 7) is 5.86. The lowest BCUT2D eigenvalue weighted by molar-refractivity contribution is -0.111. The Hall–Kier alpha value is -5.25. The lowest BCUT2D eigenvalue weighted by Gasteiger charge is -2.13. The monoisotopic (exact) mass is 505 g/mol. The van der Waals surface area contributed by atoms with Gasteiger partial charge in [-0.1, -0.05) is 12.6 Å². The standard InChI is InChI=1S/C28H23N7O3/c1-4-22(36)31-18-8-10-19(11-9-18)35-26-21-13-12-20(38-23-7-5-6-16(2)30-23)14-17(21)15-29-27-24(26)25(32-35)28(37)34(3)33-27/h4-14H,1,15H2,2-3H3,(H,29,33)(H,31,36). The first-order valence-corrected chi connectivity index (χ1v) is 11.9. The molecule has 0 atom stereocenters. The van der Waals surface area contributed by atoms with Crippen molar-refractivity contribution in [1.29, 1.82) is 0 Å². The molecule has 38 heavy (non-hydrogen) atoms. The van der Waals surface area contributed by atoms with Crippen molar-refractivity contribution in [2.24, 2.45) is 7.05 Å². The largest absolute Gasteiger partial charge is 0.439 e. The highest BCUT2D eigenvalue weighted by Crippen LogP contribution is 2.39. The summed E-state index contributed by atoms with van der Waals surface area (Å²) in [7, 11) is 1.61. The zero-order valence-corrected chi connectivity index (χ0v) is 20.7. The average molecular weight is 506 g/mol. The quantitative estimate of drug-likeness (QED) is 0.342. The number of ether oxygens (including phenoxy) is 1. The van der Waals surface area contributed by atoms with Crippen molar-refractivity contribution in [3.8, 4) is 28.6 Å². The van der Waals surface area contributed by atoms with Gasteiger partial charge in [0.1, 0.15) is 5.75 Å². The molecule has 0 fully saturated rings. The molecule has 4 heterocycles. The maximum absolute atomic E-state index is 13.0. The van der Waals surface area contributed by atoms with Crippen LogP contribution in [0.3, 0.4) is 0 Å². The third-order valence-electron chi connectivity index (χ3n) is 6.30. The number of aromatic nitrogens is 5. The topological polar surface area (TPSA) is 116 Å². The first-order chi connectivity index (χ1) is 18.4. The number of benzene rings is 2. The number of anilines is 2. The molecule has 1 amide bonds. The molecule has 1 aliphatic heterocycles. The number of rotatable bonds is 5. The van der Waals surface area contributed by atoms with Crippen LogP contribution in [0.4, 0.5) is 11.5 Å². The highest BCUT2D eigenvalue weighted by molar-refractivity contribution is 6.03. The molecule has 10 heteroatoms. The van der Waals surface area contributed by atoms with E-state index in [4.69, 9.17) is 9.84 Å². The van der Waals surface area contributed by atoms with Crippen LogP contribution in [0.2, 0.25) is 0 Å². The van der Waals surface area contributed by atoms with Gasteiger partial charge in [0, 0.05) is 36.6 Å². The predicted octanol–water partition coefficient (Wildman–Crippen LogP) is 4.33. The molecule has 5 aromatic rings. The molecule has 0 spiro atoms. The van der Waals surface area contributed by atoms with Gasteiger partial charge in [-0.3, -0.25) is 9.59 Å². The maximum Gasteiger partial charge on any atom is 0.295 e. The summed E-state index contributed by atoms with van der Waals surface area (Å²) < 4.78 is 9.06. The van der Waals surface area contributed by atoms with Crippen LogP contribution in [-0.2, 0) is 18.4 Å². The van der Waals surface area contributed by atoms with E-state index in [0.29, 0.717) is 40.6 Å². The fraction of sp³-hybridized carbons (Fsp3) is 0.107. The highest BCUT2D eigenvalue weighted by Gasteiger charge is 2.26. The van der Waals surface area contributed by atoms with Crippen LogP contribution in [0.1, 0.15) is 11.3 Å². The van der Waals surface area contributed by atoms with Crippen LogP contribution in [0.25, 0.3) is 27.8 Å². The third kappa shape index (κ3) is 3.97. The first-order valence-electron chi connectivity index (χ1n) is 11.9. The summed E-state index contributed by atoms with van der Waals surface area (Å²) >= 11 is 0. The van der Waals surface area contributed by atoms with Crippen molar-refractivity contribution >= 4 is 28.3 Å². The van der Waals surface area contributed by atoms with Gasteiger partial charge in [0.25, 0.3) is 5.56 Å². The molecule has 0 bridgehead atoms. The van der Waals surface area contributed by atoms with Crippen molar-refractivity contribution in [2.75, 3.05) is 10.6 Å². The van der Waals surface area contributed by atoms with Gasteiger partial charge in [0.05, 0.1) is 16.8 Å². The molecule has 0 radical (unpaired) electrons. The van der Waals surface area contributed by atoms with Gasteiger partial charge in [-0.15, -0.1) is 0 Å². The van der Waals surface area contributed by atoms with Gasteiger partial charge < -0.3 is 15.4 Å². The van der Waals surface area contributed by atoms with Crippen LogP contribution in [0, 0.1) is 6.92 Å². The summed E-state index contributed by atoms with van der Waals surface area (Å²) in [5, 5.41) is 15.9. The van der Waals surface area contributed by atoms with E-state index in [2.05, 4.69) is 27.3 Å². The summed E-state index contributed by atoms with van der Waals surface area (Å²) in [4.78, 5) is 29.2. The molecular formula is C28H23N7O3. The number of aryl methyl sites for hydroxylation is 2. The molecule has 188 valence electrons. The lowest BCUT2D eigenvalue weighted by atomic mass is 10.0. The fourth-order valence-electron chi connectivity index (χ4n) is 4.51. The Labute approximate surface area is 217 Å². The van der Waals surface area contributed by atoms with Crippen LogP contribution in [0.5, 0.6) is 11.6 Å². The number of fused-ring (bicyclic) bond motifs is 2. The Morgan fingerprint density at radius 1 is 1.13 bits per heavy atom. The van der Waals surface area contributed by atoms with E-state index in [1.165, 1.54) is 10.8 Å². The predicted molar refractivity (Wildman–Crippen MR) is 145 cm³/mol. The van der Waals surface area contributed by atoms with E-state index in [-0.39, 0.29) is 11.5 Å². The molecule has 0 aliphatic carbocycles. The second-order valence-corrected chi connectivity index (χ2v) is 8.89. The Balaban J connectivity index is 1.50. The van der Waals surface area contributed by atoms with E-state index in [9.17, 15) is 9.59 Å². The number of nitrogens with zero attached hydrogens (tertiary/aromatic N) is 5. The molecule has 1 aliphatic rings. The van der Waals surface area contributed by atoms with Gasteiger partial charge in [0.2, 0.25) is 11.8 Å². The SMILES string of the molecule is C=CC(=O)Nc1ccc(-n2nc3c(=O)n(C)nc4c3c2-c2ccc(Oc3cccc(C)n3)cc2CN4)cc1. The molecule has 2 N–H and O–H groups in total. The van der Waals surface area contributed by atoms with E-state index < -0.39 is 0 Å². The Bertz CT molecular complexity index is 1800. The molecule has 10 nitrogen and oxygen atoms in total. The Morgan fingerprint density at radius 2 is 1.95 bits per heavy atom. The minimum absolute atomic E-state index is 0.297. The van der Waals surface area contributed by atoms with Gasteiger partial charge in [0.15, 0.2) is 11.3 Å². The van der Waals surface area contributed by atoms with Crippen molar-refractivity contribution in [3.05, 3.63) is 94.9 Å². The Kier molecular flexibility index (Phi) is 5.49. The van der Waals surface area contributed by atoms with E-state index in [1.807, 2.05) is 55.5 Å². The van der Waals surface area contributed by atoms with Crippen LogP contribution in [-0.4, -0.2) is 30.5 Å². The van der Waals surface area contributed by atoms with Crippen molar-refractivity contribution < 1.29 is 9.53 Å².